The Morgan fingerprint density at radius 2 is 1.40 bits per heavy atom. The summed E-state index contributed by atoms with van der Waals surface area (Å²) >= 11 is 0. The molecule has 15 heavy (non-hydrogen) atoms. The highest BCUT2D eigenvalue weighted by Gasteiger charge is 1.95. The standard InChI is InChI=1S/C13H13NO/c15-10-14-13-8-6-12(7-9-13)11-4-2-1-3-5-11/h1-9,14-15H,10H2. The molecular formula is C13H13NO. The lowest BCUT2D eigenvalue weighted by Crippen LogP contribution is -1.98. The fourth-order valence-electron chi connectivity index (χ4n) is 1.50. The number of nitrogens with one attached hydrogen (secondary N) is 1. The van der Waals surface area contributed by atoms with Gasteiger partial charge < -0.3 is 10.4 Å². The van der Waals surface area contributed by atoms with Crippen LogP contribution in [0.25, 0.3) is 11.1 Å². The zero-order valence-corrected chi connectivity index (χ0v) is 8.35. The minimum atomic E-state index is -0.0370. The van der Waals surface area contributed by atoms with Crippen LogP contribution in [0.3, 0.4) is 0 Å². The summed E-state index contributed by atoms with van der Waals surface area (Å²) in [5, 5.41) is 11.5. The van der Waals surface area contributed by atoms with Crippen LogP contribution in [0, 0.1) is 0 Å². The minimum absolute atomic E-state index is 0.0370. The molecule has 2 heteroatoms. The molecular weight excluding hydrogens is 186 g/mol. The van der Waals surface area contributed by atoms with Gasteiger partial charge in [-0.25, -0.2) is 0 Å². The minimum Gasteiger partial charge on any atom is -0.377 e. The lowest BCUT2D eigenvalue weighted by atomic mass is 10.1. The molecule has 0 saturated carbocycles. The van der Waals surface area contributed by atoms with E-state index in [1.54, 1.807) is 0 Å². The number of aliphatic hydroxyl groups excluding tert-OH is 1. The molecule has 0 saturated heterocycles. The van der Waals surface area contributed by atoms with Crippen LogP contribution in [0.15, 0.2) is 54.6 Å². The van der Waals surface area contributed by atoms with Crippen molar-refractivity contribution in [3.8, 4) is 11.1 Å². The summed E-state index contributed by atoms with van der Waals surface area (Å²) in [4.78, 5) is 0. The van der Waals surface area contributed by atoms with Crippen LogP contribution < -0.4 is 5.32 Å². The van der Waals surface area contributed by atoms with E-state index in [4.69, 9.17) is 5.11 Å². The first-order valence-electron chi connectivity index (χ1n) is 4.90. The Bertz CT molecular complexity index is 408. The third-order valence-electron chi connectivity index (χ3n) is 2.28. The Morgan fingerprint density at radius 1 is 0.800 bits per heavy atom. The highest BCUT2D eigenvalue weighted by molar-refractivity contribution is 5.65. The molecule has 0 radical (unpaired) electrons. The number of rotatable bonds is 3. The SMILES string of the molecule is OCNc1ccc(-c2ccccc2)cc1. The molecule has 0 atom stereocenters. The molecule has 0 aliphatic rings. The van der Waals surface area contributed by atoms with Crippen molar-refractivity contribution >= 4 is 5.69 Å². The van der Waals surface area contributed by atoms with Gasteiger partial charge in [0.2, 0.25) is 0 Å². The van der Waals surface area contributed by atoms with Gasteiger partial charge in [0, 0.05) is 5.69 Å². The Hall–Kier alpha value is -1.80. The molecule has 2 aromatic rings. The maximum absolute atomic E-state index is 8.69. The van der Waals surface area contributed by atoms with E-state index in [1.165, 1.54) is 11.1 Å². The van der Waals surface area contributed by atoms with Gasteiger partial charge in [-0.3, -0.25) is 0 Å². The summed E-state index contributed by atoms with van der Waals surface area (Å²) in [6.07, 6.45) is 0. The van der Waals surface area contributed by atoms with E-state index in [2.05, 4.69) is 17.4 Å². The normalized spacial score (nSPS) is 9.93. The molecule has 0 unspecified atom stereocenters. The predicted molar refractivity (Wildman–Crippen MR) is 62.6 cm³/mol. The van der Waals surface area contributed by atoms with Crippen LogP contribution in [0.1, 0.15) is 0 Å². The second-order valence-corrected chi connectivity index (χ2v) is 3.28. The number of aliphatic hydroxyl groups is 1. The number of hydrogen-bond acceptors (Lipinski definition) is 2. The second-order valence-electron chi connectivity index (χ2n) is 3.28. The molecule has 0 aromatic heterocycles. The van der Waals surface area contributed by atoms with Gasteiger partial charge in [0.25, 0.3) is 0 Å². The number of hydrogen-bond donors (Lipinski definition) is 2. The van der Waals surface area contributed by atoms with Gasteiger partial charge in [0.1, 0.15) is 6.73 Å². The third-order valence-corrected chi connectivity index (χ3v) is 2.28. The molecule has 0 fully saturated rings. The maximum Gasteiger partial charge on any atom is 0.113 e. The zero-order chi connectivity index (χ0) is 10.5. The van der Waals surface area contributed by atoms with Crippen LogP contribution in [-0.4, -0.2) is 11.8 Å². The van der Waals surface area contributed by atoms with Gasteiger partial charge in [0.05, 0.1) is 0 Å². The Morgan fingerprint density at radius 3 is 2.00 bits per heavy atom. The lowest BCUT2D eigenvalue weighted by molar-refractivity contribution is 0.325. The van der Waals surface area contributed by atoms with Gasteiger partial charge in [-0.2, -0.15) is 0 Å². The first kappa shape index (κ1) is 9.74. The topological polar surface area (TPSA) is 32.3 Å². The highest BCUT2D eigenvalue weighted by Crippen LogP contribution is 2.20. The molecule has 0 heterocycles. The molecule has 2 nitrogen and oxygen atoms in total. The monoisotopic (exact) mass is 199 g/mol. The largest absolute Gasteiger partial charge is 0.377 e. The first-order chi connectivity index (χ1) is 7.40. The predicted octanol–water partition coefficient (Wildman–Crippen LogP) is 2.72. The van der Waals surface area contributed by atoms with Crippen molar-refractivity contribution in [1.82, 2.24) is 0 Å². The maximum atomic E-state index is 8.69. The van der Waals surface area contributed by atoms with Gasteiger partial charge in [-0.15, -0.1) is 0 Å². The third kappa shape index (κ3) is 2.36. The van der Waals surface area contributed by atoms with E-state index in [9.17, 15) is 0 Å². The molecule has 0 bridgehead atoms. The van der Waals surface area contributed by atoms with Crippen molar-refractivity contribution in [2.75, 3.05) is 12.0 Å². The quantitative estimate of drug-likeness (QED) is 0.745. The van der Waals surface area contributed by atoms with E-state index in [0.29, 0.717) is 0 Å². The zero-order valence-electron chi connectivity index (χ0n) is 8.35. The van der Waals surface area contributed by atoms with Crippen molar-refractivity contribution in [3.05, 3.63) is 54.6 Å². The van der Waals surface area contributed by atoms with Gasteiger partial charge in [-0.1, -0.05) is 42.5 Å². The van der Waals surface area contributed by atoms with Gasteiger partial charge in [-0.05, 0) is 23.3 Å². The summed E-state index contributed by atoms with van der Waals surface area (Å²) in [5.41, 5.74) is 3.31. The lowest BCUT2D eigenvalue weighted by Gasteiger charge is -2.04. The Kier molecular flexibility index (Phi) is 3.00. The summed E-state index contributed by atoms with van der Waals surface area (Å²) in [7, 11) is 0. The van der Waals surface area contributed by atoms with Crippen LogP contribution >= 0.6 is 0 Å². The average Bonchev–Trinajstić information content (AvgIpc) is 2.32. The fraction of sp³-hybridized carbons (Fsp3) is 0.0769. The van der Waals surface area contributed by atoms with Crippen molar-refractivity contribution < 1.29 is 5.11 Å². The Labute approximate surface area is 89.2 Å². The van der Waals surface area contributed by atoms with Crippen LogP contribution in [0.2, 0.25) is 0 Å². The van der Waals surface area contributed by atoms with E-state index < -0.39 is 0 Å². The summed E-state index contributed by atoms with van der Waals surface area (Å²) in [5.74, 6) is 0. The molecule has 0 amide bonds. The molecule has 2 rings (SSSR count). The summed E-state index contributed by atoms with van der Waals surface area (Å²) < 4.78 is 0. The highest BCUT2D eigenvalue weighted by atomic mass is 16.3. The molecule has 76 valence electrons. The van der Waals surface area contributed by atoms with E-state index in [0.717, 1.165) is 5.69 Å². The molecule has 0 spiro atoms. The fourth-order valence-corrected chi connectivity index (χ4v) is 1.50. The van der Waals surface area contributed by atoms with E-state index >= 15 is 0 Å². The summed E-state index contributed by atoms with van der Waals surface area (Å²) in [6.45, 7) is -0.0370. The molecule has 0 aliphatic carbocycles. The van der Waals surface area contributed by atoms with Gasteiger partial charge >= 0.3 is 0 Å². The first-order valence-corrected chi connectivity index (χ1v) is 4.90. The van der Waals surface area contributed by atoms with Crippen LogP contribution in [-0.2, 0) is 0 Å². The summed E-state index contributed by atoms with van der Waals surface area (Å²) in [6, 6.07) is 18.2. The van der Waals surface area contributed by atoms with Crippen LogP contribution in [0.5, 0.6) is 0 Å². The Balaban J connectivity index is 2.24. The molecule has 2 N–H and O–H groups in total. The smallest absolute Gasteiger partial charge is 0.113 e. The van der Waals surface area contributed by atoms with Crippen molar-refractivity contribution in [2.45, 2.75) is 0 Å². The van der Waals surface area contributed by atoms with Crippen molar-refractivity contribution in [3.63, 3.8) is 0 Å². The molecule has 0 aliphatic heterocycles. The van der Waals surface area contributed by atoms with Crippen LogP contribution in [0.4, 0.5) is 5.69 Å². The number of anilines is 1. The number of benzene rings is 2. The van der Waals surface area contributed by atoms with E-state index in [1.807, 2.05) is 42.5 Å². The van der Waals surface area contributed by atoms with Gasteiger partial charge in [0.15, 0.2) is 0 Å². The van der Waals surface area contributed by atoms with Crippen molar-refractivity contribution in [2.24, 2.45) is 0 Å². The van der Waals surface area contributed by atoms with Crippen molar-refractivity contribution in [1.29, 1.82) is 0 Å². The van der Waals surface area contributed by atoms with E-state index in [-0.39, 0.29) is 6.73 Å². The molecule has 2 aromatic carbocycles. The average molecular weight is 199 g/mol. The second kappa shape index (κ2) is 4.62.